The smallest absolute Gasteiger partial charge is 0.226 e. The molecule has 0 saturated heterocycles. The summed E-state index contributed by atoms with van der Waals surface area (Å²) < 4.78 is 5.20. The topological polar surface area (TPSA) is 26.0 Å². The first kappa shape index (κ1) is 7.35. The molecule has 0 atom stereocenters. The highest BCUT2D eigenvalue weighted by Gasteiger charge is 2.03. The van der Waals surface area contributed by atoms with Gasteiger partial charge in [-0.05, 0) is 24.1 Å². The Hall–Kier alpha value is -1.31. The predicted molar refractivity (Wildman–Crippen MR) is 48.1 cm³/mol. The summed E-state index contributed by atoms with van der Waals surface area (Å²) in [6.45, 7) is 4.24. The summed E-state index contributed by atoms with van der Waals surface area (Å²) in [5.74, 6) is 0.458. The van der Waals surface area contributed by atoms with Crippen LogP contribution in [0.25, 0.3) is 11.1 Å². The van der Waals surface area contributed by atoms with Crippen LogP contribution in [0.1, 0.15) is 25.5 Å². The molecular weight excluding hydrogens is 150 g/mol. The maximum atomic E-state index is 5.20. The zero-order chi connectivity index (χ0) is 8.55. The zero-order valence-corrected chi connectivity index (χ0v) is 7.24. The van der Waals surface area contributed by atoms with Crippen LogP contribution in [0, 0.1) is 0 Å². The molecule has 0 N–H and O–H groups in total. The number of hydrogen-bond acceptors (Lipinski definition) is 2. The maximum absolute atomic E-state index is 5.20. The Morgan fingerprint density at radius 2 is 2.08 bits per heavy atom. The molecule has 0 amide bonds. The summed E-state index contributed by atoms with van der Waals surface area (Å²) in [6, 6.07) is 6.01. The summed E-state index contributed by atoms with van der Waals surface area (Å²) in [6.07, 6.45) is 1.67. The fraction of sp³-hybridized carbons (Fsp3) is 0.300. The molecule has 62 valence electrons. The Morgan fingerprint density at radius 1 is 1.25 bits per heavy atom. The van der Waals surface area contributed by atoms with Gasteiger partial charge in [0, 0.05) is 11.1 Å². The molecule has 0 aliphatic carbocycles. The zero-order valence-electron chi connectivity index (χ0n) is 7.24. The van der Waals surface area contributed by atoms with Crippen LogP contribution in [0.5, 0.6) is 0 Å². The lowest BCUT2D eigenvalue weighted by Gasteiger charge is -2.01. The lowest BCUT2D eigenvalue weighted by molar-refractivity contribution is 0.599. The molecule has 12 heavy (non-hydrogen) atoms. The normalized spacial score (nSPS) is 11.2. The molecule has 0 aliphatic heterocycles. The van der Waals surface area contributed by atoms with Crippen molar-refractivity contribution in [3.05, 3.63) is 30.2 Å². The highest BCUT2D eigenvalue weighted by atomic mass is 16.3. The molecular formula is C10H11NO. The average Bonchev–Trinajstić information content (AvgIpc) is 2.49. The van der Waals surface area contributed by atoms with Gasteiger partial charge < -0.3 is 4.42 Å². The predicted octanol–water partition coefficient (Wildman–Crippen LogP) is 2.95. The summed E-state index contributed by atoms with van der Waals surface area (Å²) in [5.41, 5.74) is 1.82. The van der Waals surface area contributed by atoms with Crippen LogP contribution in [0.15, 0.2) is 28.9 Å². The molecule has 0 radical (unpaired) electrons. The minimum atomic E-state index is 0.458. The third-order valence-corrected chi connectivity index (χ3v) is 1.93. The van der Waals surface area contributed by atoms with Crippen molar-refractivity contribution in [3.63, 3.8) is 0 Å². The number of rotatable bonds is 1. The van der Waals surface area contributed by atoms with E-state index in [0.717, 1.165) is 16.8 Å². The van der Waals surface area contributed by atoms with Gasteiger partial charge in [0.05, 0.1) is 6.26 Å². The van der Waals surface area contributed by atoms with E-state index in [0.29, 0.717) is 5.92 Å². The number of nitrogens with zero attached hydrogens (tertiary/aromatic N) is 1. The summed E-state index contributed by atoms with van der Waals surface area (Å²) >= 11 is 0. The van der Waals surface area contributed by atoms with Gasteiger partial charge in [-0.2, -0.15) is 0 Å². The van der Waals surface area contributed by atoms with Crippen LogP contribution in [-0.2, 0) is 0 Å². The fourth-order valence-corrected chi connectivity index (χ4v) is 1.18. The standard InChI is InChI=1S/C10H11NO/c1-7(2)9-4-3-8-5-6-12-10(8)11-9/h3-7H,1-2H3. The van der Waals surface area contributed by atoms with Gasteiger partial charge in [0.15, 0.2) is 0 Å². The van der Waals surface area contributed by atoms with Crippen molar-refractivity contribution in [2.24, 2.45) is 0 Å². The van der Waals surface area contributed by atoms with Crippen molar-refractivity contribution in [2.45, 2.75) is 19.8 Å². The van der Waals surface area contributed by atoms with E-state index >= 15 is 0 Å². The van der Waals surface area contributed by atoms with Gasteiger partial charge in [0.2, 0.25) is 5.71 Å². The van der Waals surface area contributed by atoms with E-state index in [-0.39, 0.29) is 0 Å². The highest BCUT2D eigenvalue weighted by molar-refractivity contribution is 5.72. The molecule has 2 heteroatoms. The molecule has 0 unspecified atom stereocenters. The molecule has 0 aromatic carbocycles. The van der Waals surface area contributed by atoms with Crippen molar-refractivity contribution in [3.8, 4) is 0 Å². The number of furan rings is 1. The Balaban J connectivity index is 2.60. The average molecular weight is 161 g/mol. The third-order valence-electron chi connectivity index (χ3n) is 1.93. The van der Waals surface area contributed by atoms with E-state index in [1.165, 1.54) is 0 Å². The van der Waals surface area contributed by atoms with Gasteiger partial charge in [-0.15, -0.1) is 0 Å². The van der Waals surface area contributed by atoms with Crippen molar-refractivity contribution in [2.75, 3.05) is 0 Å². The molecule has 0 saturated carbocycles. The van der Waals surface area contributed by atoms with Gasteiger partial charge in [0.25, 0.3) is 0 Å². The lowest BCUT2D eigenvalue weighted by atomic mass is 10.1. The quantitative estimate of drug-likeness (QED) is 0.642. The van der Waals surface area contributed by atoms with Gasteiger partial charge in [0.1, 0.15) is 0 Å². The summed E-state index contributed by atoms with van der Waals surface area (Å²) in [5, 5.41) is 1.07. The van der Waals surface area contributed by atoms with E-state index in [1.807, 2.05) is 18.2 Å². The molecule has 0 fully saturated rings. The molecule has 2 aromatic rings. The van der Waals surface area contributed by atoms with Crippen molar-refractivity contribution in [1.82, 2.24) is 4.98 Å². The fourth-order valence-electron chi connectivity index (χ4n) is 1.18. The van der Waals surface area contributed by atoms with Crippen molar-refractivity contribution in [1.29, 1.82) is 0 Å². The van der Waals surface area contributed by atoms with E-state index in [4.69, 9.17) is 4.42 Å². The Labute approximate surface area is 71.2 Å². The molecule has 2 nitrogen and oxygen atoms in total. The third kappa shape index (κ3) is 1.09. The highest BCUT2D eigenvalue weighted by Crippen LogP contribution is 2.17. The number of fused-ring (bicyclic) bond motifs is 1. The second-order valence-corrected chi connectivity index (χ2v) is 3.21. The molecule has 0 spiro atoms. The summed E-state index contributed by atoms with van der Waals surface area (Å²) in [7, 11) is 0. The van der Waals surface area contributed by atoms with E-state index in [1.54, 1.807) is 6.26 Å². The van der Waals surface area contributed by atoms with Crippen molar-refractivity contribution < 1.29 is 4.42 Å². The lowest BCUT2D eigenvalue weighted by Crippen LogP contribution is -1.90. The van der Waals surface area contributed by atoms with Gasteiger partial charge in [-0.1, -0.05) is 13.8 Å². The maximum Gasteiger partial charge on any atom is 0.226 e. The number of aromatic nitrogens is 1. The molecule has 2 aromatic heterocycles. The monoisotopic (exact) mass is 161 g/mol. The molecule has 0 bridgehead atoms. The van der Waals surface area contributed by atoms with Gasteiger partial charge >= 0.3 is 0 Å². The van der Waals surface area contributed by atoms with Gasteiger partial charge in [-0.3, -0.25) is 0 Å². The Bertz CT molecular complexity index is 389. The van der Waals surface area contributed by atoms with Crippen LogP contribution in [-0.4, -0.2) is 4.98 Å². The Morgan fingerprint density at radius 3 is 2.83 bits per heavy atom. The van der Waals surface area contributed by atoms with Crippen molar-refractivity contribution >= 4 is 11.1 Å². The SMILES string of the molecule is CC(C)c1ccc2ccoc2n1. The van der Waals surface area contributed by atoms with E-state index in [9.17, 15) is 0 Å². The van der Waals surface area contributed by atoms with E-state index < -0.39 is 0 Å². The first-order valence-electron chi connectivity index (χ1n) is 4.11. The second kappa shape index (κ2) is 2.63. The number of pyridine rings is 1. The first-order valence-corrected chi connectivity index (χ1v) is 4.11. The molecule has 2 heterocycles. The second-order valence-electron chi connectivity index (χ2n) is 3.21. The largest absolute Gasteiger partial charge is 0.446 e. The van der Waals surface area contributed by atoms with Crippen LogP contribution in [0.4, 0.5) is 0 Å². The number of hydrogen-bond donors (Lipinski definition) is 0. The Kier molecular flexibility index (Phi) is 1.61. The first-order chi connectivity index (χ1) is 5.77. The van der Waals surface area contributed by atoms with Gasteiger partial charge in [-0.25, -0.2) is 4.98 Å². The summed E-state index contributed by atoms with van der Waals surface area (Å²) in [4.78, 5) is 4.37. The van der Waals surface area contributed by atoms with Crippen LogP contribution in [0.3, 0.4) is 0 Å². The molecule has 0 aliphatic rings. The van der Waals surface area contributed by atoms with Crippen LogP contribution in [0.2, 0.25) is 0 Å². The molecule has 2 rings (SSSR count). The minimum absolute atomic E-state index is 0.458. The van der Waals surface area contributed by atoms with Crippen LogP contribution < -0.4 is 0 Å². The minimum Gasteiger partial charge on any atom is -0.446 e. The van der Waals surface area contributed by atoms with Crippen LogP contribution >= 0.6 is 0 Å². The van der Waals surface area contributed by atoms with E-state index in [2.05, 4.69) is 18.8 Å².